The lowest BCUT2D eigenvalue weighted by molar-refractivity contribution is -0.137. The van der Waals surface area contributed by atoms with Gasteiger partial charge in [-0.1, -0.05) is 0 Å². The van der Waals surface area contributed by atoms with Gasteiger partial charge >= 0.3 is 6.18 Å². The molecular formula is C14H18F3N3O. The summed E-state index contributed by atoms with van der Waals surface area (Å²) >= 11 is 0. The Morgan fingerprint density at radius 3 is 2.57 bits per heavy atom. The van der Waals surface area contributed by atoms with Crippen molar-refractivity contribution in [2.45, 2.75) is 25.6 Å². The van der Waals surface area contributed by atoms with Gasteiger partial charge < -0.3 is 16.4 Å². The van der Waals surface area contributed by atoms with E-state index in [-0.39, 0.29) is 17.5 Å². The van der Waals surface area contributed by atoms with Gasteiger partial charge in [0.05, 0.1) is 11.1 Å². The number of nitrogens with zero attached hydrogens (tertiary/aromatic N) is 1. The molecule has 2 unspecified atom stereocenters. The first-order valence-corrected chi connectivity index (χ1v) is 6.71. The van der Waals surface area contributed by atoms with Crippen molar-refractivity contribution in [3.8, 4) is 0 Å². The molecule has 1 aromatic carbocycles. The van der Waals surface area contributed by atoms with E-state index < -0.39 is 17.6 Å². The van der Waals surface area contributed by atoms with Crippen molar-refractivity contribution >= 4 is 11.6 Å². The topological polar surface area (TPSA) is 72.3 Å². The zero-order chi connectivity index (χ0) is 15.8. The Labute approximate surface area is 120 Å². The highest BCUT2D eigenvalue weighted by molar-refractivity contribution is 5.99. The summed E-state index contributed by atoms with van der Waals surface area (Å²) in [5.74, 6) is -0.595. The van der Waals surface area contributed by atoms with Gasteiger partial charge in [0.15, 0.2) is 0 Å². The van der Waals surface area contributed by atoms with Crippen LogP contribution in [-0.2, 0) is 6.18 Å². The second-order valence-electron chi connectivity index (χ2n) is 5.43. The van der Waals surface area contributed by atoms with Crippen molar-refractivity contribution < 1.29 is 18.0 Å². The number of nitrogens with two attached hydrogens (primary N) is 2. The van der Waals surface area contributed by atoms with Gasteiger partial charge in [-0.15, -0.1) is 0 Å². The van der Waals surface area contributed by atoms with E-state index in [2.05, 4.69) is 0 Å². The van der Waals surface area contributed by atoms with Crippen molar-refractivity contribution in [3.05, 3.63) is 29.3 Å². The van der Waals surface area contributed by atoms with Crippen LogP contribution in [0.3, 0.4) is 0 Å². The normalized spacial score (nSPS) is 22.6. The number of primary amides is 1. The average molecular weight is 301 g/mol. The number of hydrogen-bond donors (Lipinski definition) is 2. The highest BCUT2D eigenvalue weighted by Crippen LogP contribution is 2.35. The van der Waals surface area contributed by atoms with Crippen LogP contribution in [0.15, 0.2) is 18.2 Å². The zero-order valence-electron chi connectivity index (χ0n) is 11.7. The number of carbonyl (C=O) groups excluding carboxylic acids is 1. The molecular weight excluding hydrogens is 283 g/mol. The molecule has 0 aromatic heterocycles. The van der Waals surface area contributed by atoms with Crippen LogP contribution in [0.5, 0.6) is 0 Å². The molecule has 4 nitrogen and oxygen atoms in total. The molecule has 0 bridgehead atoms. The van der Waals surface area contributed by atoms with E-state index in [9.17, 15) is 18.0 Å². The number of anilines is 1. The molecule has 21 heavy (non-hydrogen) atoms. The summed E-state index contributed by atoms with van der Waals surface area (Å²) in [7, 11) is 0. The van der Waals surface area contributed by atoms with E-state index in [1.54, 1.807) is 0 Å². The molecule has 1 aliphatic heterocycles. The van der Waals surface area contributed by atoms with E-state index >= 15 is 0 Å². The van der Waals surface area contributed by atoms with E-state index in [0.29, 0.717) is 18.8 Å². The zero-order valence-corrected chi connectivity index (χ0v) is 11.7. The molecule has 2 atom stereocenters. The van der Waals surface area contributed by atoms with Gasteiger partial charge in [0, 0.05) is 18.3 Å². The van der Waals surface area contributed by atoms with Crippen molar-refractivity contribution in [3.63, 3.8) is 0 Å². The number of hydrogen-bond acceptors (Lipinski definition) is 3. The van der Waals surface area contributed by atoms with Crippen LogP contribution < -0.4 is 16.4 Å². The third-order valence-electron chi connectivity index (χ3n) is 3.89. The van der Waals surface area contributed by atoms with Gasteiger partial charge in [-0.3, -0.25) is 4.79 Å². The molecule has 1 saturated heterocycles. The van der Waals surface area contributed by atoms with Gasteiger partial charge in [-0.25, -0.2) is 0 Å². The minimum Gasteiger partial charge on any atom is -0.368 e. The minimum absolute atomic E-state index is 0.102. The summed E-state index contributed by atoms with van der Waals surface area (Å²) < 4.78 is 38.3. The Kier molecular flexibility index (Phi) is 4.13. The van der Waals surface area contributed by atoms with Crippen LogP contribution in [0.25, 0.3) is 0 Å². The maximum atomic E-state index is 12.8. The van der Waals surface area contributed by atoms with Crippen molar-refractivity contribution in [2.75, 3.05) is 18.0 Å². The molecule has 1 fully saturated rings. The van der Waals surface area contributed by atoms with Crippen LogP contribution in [-0.4, -0.2) is 25.0 Å². The summed E-state index contributed by atoms with van der Waals surface area (Å²) in [5.41, 5.74) is 10.4. The summed E-state index contributed by atoms with van der Waals surface area (Å²) in [6, 6.07) is 3.22. The first kappa shape index (κ1) is 15.6. The van der Waals surface area contributed by atoms with Crippen LogP contribution in [0.1, 0.15) is 29.3 Å². The van der Waals surface area contributed by atoms with Crippen LogP contribution in [0, 0.1) is 5.92 Å². The van der Waals surface area contributed by atoms with E-state index in [1.807, 2.05) is 11.8 Å². The van der Waals surface area contributed by atoms with E-state index in [1.165, 1.54) is 6.07 Å². The first-order valence-electron chi connectivity index (χ1n) is 6.71. The second kappa shape index (κ2) is 5.55. The van der Waals surface area contributed by atoms with Gasteiger partial charge in [-0.2, -0.15) is 13.2 Å². The third-order valence-corrected chi connectivity index (χ3v) is 3.89. The smallest absolute Gasteiger partial charge is 0.368 e. The van der Waals surface area contributed by atoms with Crippen molar-refractivity contribution in [1.29, 1.82) is 0 Å². The molecule has 7 heteroatoms. The monoisotopic (exact) mass is 301 g/mol. The lowest BCUT2D eigenvalue weighted by atomic mass is 10.1. The SMILES string of the molecule is CC1CC(CN)CN1c1ccc(C(F)(F)F)cc1C(N)=O. The Morgan fingerprint density at radius 2 is 2.10 bits per heavy atom. The lowest BCUT2D eigenvalue weighted by Gasteiger charge is -2.26. The summed E-state index contributed by atoms with van der Waals surface area (Å²) in [5, 5.41) is 0. The van der Waals surface area contributed by atoms with Crippen molar-refractivity contribution in [1.82, 2.24) is 0 Å². The van der Waals surface area contributed by atoms with Crippen LogP contribution in [0.4, 0.5) is 18.9 Å². The Hall–Kier alpha value is -1.76. The van der Waals surface area contributed by atoms with Crippen LogP contribution in [0.2, 0.25) is 0 Å². The molecule has 0 saturated carbocycles. The fourth-order valence-corrected chi connectivity index (χ4v) is 2.81. The second-order valence-corrected chi connectivity index (χ2v) is 5.43. The standard InChI is InChI=1S/C14H18F3N3O/c1-8-4-9(6-18)7-20(8)12-3-2-10(14(15,16)17)5-11(12)13(19)21/h2-3,5,8-9H,4,6-7,18H2,1H3,(H2,19,21). The summed E-state index contributed by atoms with van der Waals surface area (Å²) in [4.78, 5) is 13.4. The molecule has 4 N–H and O–H groups in total. The fraction of sp³-hybridized carbons (Fsp3) is 0.500. The highest BCUT2D eigenvalue weighted by atomic mass is 19.4. The molecule has 1 aliphatic rings. The van der Waals surface area contributed by atoms with E-state index in [0.717, 1.165) is 18.6 Å². The average Bonchev–Trinajstić information content (AvgIpc) is 2.78. The van der Waals surface area contributed by atoms with Crippen LogP contribution >= 0.6 is 0 Å². The number of halogens is 3. The van der Waals surface area contributed by atoms with Gasteiger partial charge in [-0.05, 0) is 44.0 Å². The Morgan fingerprint density at radius 1 is 1.43 bits per heavy atom. The number of benzene rings is 1. The Balaban J connectivity index is 2.42. The van der Waals surface area contributed by atoms with Gasteiger partial charge in [0.25, 0.3) is 5.91 Å². The highest BCUT2D eigenvalue weighted by Gasteiger charge is 2.34. The number of alkyl halides is 3. The summed E-state index contributed by atoms with van der Waals surface area (Å²) in [6.45, 7) is 3.08. The maximum Gasteiger partial charge on any atom is 0.416 e. The molecule has 116 valence electrons. The number of amides is 1. The molecule has 1 aromatic rings. The quantitative estimate of drug-likeness (QED) is 0.896. The largest absolute Gasteiger partial charge is 0.416 e. The third kappa shape index (κ3) is 3.12. The van der Waals surface area contributed by atoms with E-state index in [4.69, 9.17) is 11.5 Å². The molecule has 0 aliphatic carbocycles. The Bertz CT molecular complexity index is 545. The fourth-order valence-electron chi connectivity index (χ4n) is 2.81. The number of carbonyl (C=O) groups is 1. The first-order chi connectivity index (χ1) is 9.74. The minimum atomic E-state index is -4.50. The summed E-state index contributed by atoms with van der Waals surface area (Å²) in [6.07, 6.45) is -3.66. The maximum absolute atomic E-state index is 12.8. The van der Waals surface area contributed by atoms with Gasteiger partial charge in [0.2, 0.25) is 0 Å². The van der Waals surface area contributed by atoms with Crippen molar-refractivity contribution in [2.24, 2.45) is 17.4 Å². The molecule has 0 radical (unpaired) electrons. The molecule has 1 heterocycles. The molecule has 1 amide bonds. The van der Waals surface area contributed by atoms with Gasteiger partial charge in [0.1, 0.15) is 0 Å². The predicted molar refractivity (Wildman–Crippen MR) is 73.9 cm³/mol. The predicted octanol–water partition coefficient (Wildman–Crippen LogP) is 1.98. The molecule has 0 spiro atoms. The lowest BCUT2D eigenvalue weighted by Crippen LogP contribution is -2.30. The molecule has 2 rings (SSSR count). The number of rotatable bonds is 3.